The Morgan fingerprint density at radius 1 is 1.35 bits per heavy atom. The zero-order valence-electron chi connectivity index (χ0n) is 12.3. The van der Waals surface area contributed by atoms with E-state index in [4.69, 9.17) is 10.5 Å². The van der Waals surface area contributed by atoms with Crippen LogP contribution in [0, 0.1) is 5.41 Å². The molecule has 114 valence electrons. The molecule has 0 aromatic heterocycles. The minimum atomic E-state index is 0. The molecule has 1 aliphatic heterocycles. The van der Waals surface area contributed by atoms with Crippen LogP contribution in [0.15, 0.2) is 29.2 Å². The summed E-state index contributed by atoms with van der Waals surface area (Å²) in [7, 11) is 0. The van der Waals surface area contributed by atoms with E-state index in [-0.39, 0.29) is 12.4 Å². The molecule has 2 rings (SSSR count). The summed E-state index contributed by atoms with van der Waals surface area (Å²) < 4.78 is 5.79. The Kier molecular flexibility index (Phi) is 7.17. The number of hydrogen-bond acceptors (Lipinski definition) is 4. The number of ether oxygens (including phenoxy) is 1. The molecule has 0 saturated carbocycles. The van der Waals surface area contributed by atoms with Gasteiger partial charge in [0.2, 0.25) is 0 Å². The lowest BCUT2D eigenvalue weighted by Crippen LogP contribution is -2.33. The highest BCUT2D eigenvalue weighted by Gasteiger charge is 2.31. The highest BCUT2D eigenvalue weighted by atomic mass is 35.5. The molecule has 1 unspecified atom stereocenters. The largest absolute Gasteiger partial charge is 0.492 e. The van der Waals surface area contributed by atoms with E-state index in [1.165, 1.54) is 11.3 Å². The predicted octanol–water partition coefficient (Wildman–Crippen LogP) is 2.88. The summed E-state index contributed by atoms with van der Waals surface area (Å²) in [5, 5.41) is 0. The maximum Gasteiger partial charge on any atom is 0.119 e. The minimum Gasteiger partial charge on any atom is -0.492 e. The van der Waals surface area contributed by atoms with Gasteiger partial charge in [0.25, 0.3) is 0 Å². The molecule has 1 fully saturated rings. The van der Waals surface area contributed by atoms with E-state index in [1.54, 1.807) is 11.8 Å². The monoisotopic (exact) mass is 316 g/mol. The Morgan fingerprint density at radius 3 is 2.60 bits per heavy atom. The fourth-order valence-electron chi connectivity index (χ4n) is 2.45. The number of nitrogens with zero attached hydrogens (tertiary/aromatic N) is 1. The van der Waals surface area contributed by atoms with Gasteiger partial charge in [0.15, 0.2) is 0 Å². The quantitative estimate of drug-likeness (QED) is 0.819. The summed E-state index contributed by atoms with van der Waals surface area (Å²) in [5.41, 5.74) is 6.12. The van der Waals surface area contributed by atoms with E-state index in [0.29, 0.717) is 5.41 Å². The second-order valence-corrected chi connectivity index (χ2v) is 6.44. The normalized spacial score (nSPS) is 22.6. The first-order valence-corrected chi connectivity index (χ1v) is 8.07. The van der Waals surface area contributed by atoms with Crippen molar-refractivity contribution < 1.29 is 4.74 Å². The number of hydrogen-bond donors (Lipinski definition) is 1. The van der Waals surface area contributed by atoms with Crippen LogP contribution in [0.1, 0.15) is 13.3 Å². The Morgan fingerprint density at radius 2 is 2.05 bits per heavy atom. The average molecular weight is 317 g/mol. The van der Waals surface area contributed by atoms with Crippen molar-refractivity contribution >= 4 is 24.2 Å². The highest BCUT2D eigenvalue weighted by Crippen LogP contribution is 2.28. The van der Waals surface area contributed by atoms with Crippen molar-refractivity contribution in [1.29, 1.82) is 0 Å². The second-order valence-electron chi connectivity index (χ2n) is 5.56. The SMILES string of the molecule is CSc1ccc(OCCN2CCC(C)(CN)C2)cc1.Cl. The van der Waals surface area contributed by atoms with Crippen molar-refractivity contribution in [3.8, 4) is 5.75 Å². The molecule has 1 saturated heterocycles. The van der Waals surface area contributed by atoms with Gasteiger partial charge >= 0.3 is 0 Å². The van der Waals surface area contributed by atoms with Crippen LogP contribution in [0.3, 0.4) is 0 Å². The van der Waals surface area contributed by atoms with Gasteiger partial charge in [0.1, 0.15) is 12.4 Å². The van der Waals surface area contributed by atoms with E-state index >= 15 is 0 Å². The zero-order chi connectivity index (χ0) is 13.7. The van der Waals surface area contributed by atoms with Gasteiger partial charge in [-0.15, -0.1) is 24.2 Å². The van der Waals surface area contributed by atoms with Crippen LogP contribution in [0.5, 0.6) is 5.75 Å². The maximum absolute atomic E-state index is 5.82. The van der Waals surface area contributed by atoms with Crippen LogP contribution in [0.25, 0.3) is 0 Å². The van der Waals surface area contributed by atoms with E-state index in [0.717, 1.165) is 38.5 Å². The first kappa shape index (κ1) is 17.6. The first-order chi connectivity index (χ1) is 9.15. The van der Waals surface area contributed by atoms with E-state index in [2.05, 4.69) is 30.2 Å². The lowest BCUT2D eigenvalue weighted by molar-refractivity contribution is 0.219. The summed E-state index contributed by atoms with van der Waals surface area (Å²) >= 11 is 1.75. The molecule has 1 aromatic rings. The zero-order valence-corrected chi connectivity index (χ0v) is 13.9. The average Bonchev–Trinajstić information content (AvgIpc) is 2.82. The smallest absolute Gasteiger partial charge is 0.119 e. The molecule has 3 nitrogen and oxygen atoms in total. The standard InChI is InChI=1S/C15H24N2OS.ClH/c1-15(11-16)7-8-17(12-15)9-10-18-13-3-5-14(19-2)6-4-13;/h3-6H,7-12,16H2,1-2H3;1H. The van der Waals surface area contributed by atoms with Gasteiger partial charge in [-0.2, -0.15) is 0 Å². The van der Waals surface area contributed by atoms with Crippen LogP contribution >= 0.6 is 24.2 Å². The molecule has 1 heterocycles. The van der Waals surface area contributed by atoms with Gasteiger partial charge < -0.3 is 10.5 Å². The summed E-state index contributed by atoms with van der Waals surface area (Å²) in [4.78, 5) is 3.72. The van der Waals surface area contributed by atoms with Gasteiger partial charge in [0, 0.05) is 18.0 Å². The van der Waals surface area contributed by atoms with Crippen LogP contribution < -0.4 is 10.5 Å². The van der Waals surface area contributed by atoms with E-state index in [9.17, 15) is 0 Å². The Balaban J connectivity index is 0.00000200. The second kappa shape index (κ2) is 8.13. The van der Waals surface area contributed by atoms with E-state index in [1.807, 2.05) is 12.1 Å². The molecular formula is C15H25ClN2OS. The molecular weight excluding hydrogens is 292 g/mol. The molecule has 20 heavy (non-hydrogen) atoms. The molecule has 0 bridgehead atoms. The molecule has 0 radical (unpaired) electrons. The van der Waals surface area contributed by atoms with Crippen LogP contribution in [-0.2, 0) is 0 Å². The molecule has 1 atom stereocenters. The van der Waals surface area contributed by atoms with Crippen LogP contribution in [0.2, 0.25) is 0 Å². The number of halogens is 1. The lowest BCUT2D eigenvalue weighted by atomic mass is 9.90. The van der Waals surface area contributed by atoms with Gasteiger partial charge in [-0.1, -0.05) is 6.92 Å². The van der Waals surface area contributed by atoms with Crippen LogP contribution in [-0.4, -0.2) is 43.9 Å². The highest BCUT2D eigenvalue weighted by molar-refractivity contribution is 7.98. The number of nitrogens with two attached hydrogens (primary N) is 1. The first-order valence-electron chi connectivity index (χ1n) is 6.84. The number of rotatable bonds is 6. The van der Waals surface area contributed by atoms with Gasteiger partial charge in [-0.3, -0.25) is 4.90 Å². The molecule has 0 spiro atoms. The summed E-state index contributed by atoms with van der Waals surface area (Å²) in [5.74, 6) is 0.957. The third-order valence-corrected chi connectivity index (χ3v) is 4.61. The Labute approximate surface area is 132 Å². The molecule has 0 amide bonds. The topological polar surface area (TPSA) is 38.5 Å². The molecule has 2 N–H and O–H groups in total. The van der Waals surface area contributed by atoms with E-state index < -0.39 is 0 Å². The number of likely N-dealkylation sites (tertiary alicyclic amines) is 1. The lowest BCUT2D eigenvalue weighted by Gasteiger charge is -2.22. The third-order valence-electron chi connectivity index (χ3n) is 3.87. The van der Waals surface area contributed by atoms with Crippen LogP contribution in [0.4, 0.5) is 0 Å². The van der Waals surface area contributed by atoms with Crippen molar-refractivity contribution in [3.63, 3.8) is 0 Å². The third kappa shape index (κ3) is 4.85. The van der Waals surface area contributed by atoms with Crippen molar-refractivity contribution in [3.05, 3.63) is 24.3 Å². The Hall–Kier alpha value is -0.420. The predicted molar refractivity (Wildman–Crippen MR) is 89.2 cm³/mol. The molecule has 1 aromatic carbocycles. The van der Waals surface area contributed by atoms with Crippen molar-refractivity contribution in [2.24, 2.45) is 11.1 Å². The summed E-state index contributed by atoms with van der Waals surface area (Å²) in [6.07, 6.45) is 3.28. The maximum atomic E-state index is 5.82. The summed E-state index contributed by atoms with van der Waals surface area (Å²) in [6.45, 7) is 7.02. The molecule has 0 aliphatic carbocycles. The van der Waals surface area contributed by atoms with Crippen molar-refractivity contribution in [1.82, 2.24) is 4.90 Å². The van der Waals surface area contributed by atoms with Gasteiger partial charge in [0.05, 0.1) is 0 Å². The molecule has 5 heteroatoms. The number of thioether (sulfide) groups is 1. The fraction of sp³-hybridized carbons (Fsp3) is 0.600. The van der Waals surface area contributed by atoms with Gasteiger partial charge in [-0.05, 0) is 55.4 Å². The van der Waals surface area contributed by atoms with Crippen molar-refractivity contribution in [2.45, 2.75) is 18.2 Å². The minimum absolute atomic E-state index is 0. The van der Waals surface area contributed by atoms with Gasteiger partial charge in [-0.25, -0.2) is 0 Å². The summed E-state index contributed by atoms with van der Waals surface area (Å²) in [6, 6.07) is 8.28. The van der Waals surface area contributed by atoms with Crippen molar-refractivity contribution in [2.75, 3.05) is 39.0 Å². The number of benzene rings is 1. The Bertz CT molecular complexity index is 401. The fourth-order valence-corrected chi connectivity index (χ4v) is 2.86. The molecule has 1 aliphatic rings.